The number of hydrogen-bond acceptors (Lipinski definition) is 4. The van der Waals surface area contributed by atoms with Crippen molar-refractivity contribution in [2.45, 2.75) is 17.4 Å². The van der Waals surface area contributed by atoms with E-state index in [1.165, 1.54) is 23.9 Å². The minimum absolute atomic E-state index is 0.0725. The van der Waals surface area contributed by atoms with E-state index in [1.807, 2.05) is 6.26 Å². The second-order valence-electron chi connectivity index (χ2n) is 3.75. The molecule has 1 atom stereocenters. The van der Waals surface area contributed by atoms with Crippen LogP contribution in [0.4, 0.5) is 0 Å². The van der Waals surface area contributed by atoms with Gasteiger partial charge in [-0.05, 0) is 65.3 Å². The van der Waals surface area contributed by atoms with Gasteiger partial charge in [0.05, 0.1) is 4.90 Å². The Morgan fingerprint density at radius 1 is 1.42 bits per heavy atom. The molecule has 0 aliphatic rings. The van der Waals surface area contributed by atoms with E-state index in [4.69, 9.17) is 5.11 Å². The van der Waals surface area contributed by atoms with Gasteiger partial charge in [-0.25, -0.2) is 8.42 Å². The molecule has 0 bridgehead atoms. The van der Waals surface area contributed by atoms with Crippen LogP contribution in [0.15, 0.2) is 29.2 Å². The van der Waals surface area contributed by atoms with Crippen LogP contribution in [0.2, 0.25) is 0 Å². The Hall–Kier alpha value is -0.320. The summed E-state index contributed by atoms with van der Waals surface area (Å²) in [5.74, 6) is -0.588. The molecule has 5 nitrogen and oxygen atoms in total. The van der Waals surface area contributed by atoms with Gasteiger partial charge < -0.3 is 5.11 Å². The van der Waals surface area contributed by atoms with E-state index < -0.39 is 22.0 Å². The lowest BCUT2D eigenvalue weighted by Gasteiger charge is -2.14. The fourth-order valence-corrected chi connectivity index (χ4v) is 3.39. The van der Waals surface area contributed by atoms with Crippen molar-refractivity contribution < 1.29 is 18.3 Å². The first-order valence-electron chi connectivity index (χ1n) is 5.36. The third-order valence-corrected chi connectivity index (χ3v) is 5.18. The number of carbonyl (C=O) groups is 1. The highest BCUT2D eigenvalue weighted by Gasteiger charge is 2.24. The number of nitrogens with one attached hydrogen (secondary N) is 1. The summed E-state index contributed by atoms with van der Waals surface area (Å²) < 4.78 is 27.2. The Morgan fingerprint density at radius 2 is 2.00 bits per heavy atom. The quantitative estimate of drug-likeness (QED) is 0.664. The molecule has 0 aromatic heterocycles. The standard InChI is InChI=1S/C11H14INO4S2/c1-18-7-6-10(11(14)15)13-19(16,17)9-4-2-8(12)3-5-9/h2-5,10,13H,6-7H2,1H3,(H,14,15)/t10-/m1/s1. The number of hydrogen-bond donors (Lipinski definition) is 2. The molecule has 0 fully saturated rings. The highest BCUT2D eigenvalue weighted by molar-refractivity contribution is 14.1. The number of benzene rings is 1. The van der Waals surface area contributed by atoms with Gasteiger partial charge in [0.1, 0.15) is 6.04 Å². The maximum absolute atomic E-state index is 12.0. The molecular formula is C11H14INO4S2. The molecule has 0 spiro atoms. The summed E-state index contributed by atoms with van der Waals surface area (Å²) in [4.78, 5) is 11.1. The summed E-state index contributed by atoms with van der Waals surface area (Å²) in [6.45, 7) is 0. The molecule has 0 radical (unpaired) electrons. The molecular weight excluding hydrogens is 401 g/mol. The molecule has 1 aromatic rings. The van der Waals surface area contributed by atoms with Gasteiger partial charge in [0.2, 0.25) is 10.0 Å². The van der Waals surface area contributed by atoms with E-state index >= 15 is 0 Å². The van der Waals surface area contributed by atoms with Crippen molar-refractivity contribution in [1.29, 1.82) is 0 Å². The molecule has 8 heteroatoms. The predicted octanol–water partition coefficient (Wildman–Crippen LogP) is 1.78. The minimum Gasteiger partial charge on any atom is -0.480 e. The molecule has 0 saturated carbocycles. The van der Waals surface area contributed by atoms with Crippen LogP contribution in [0.1, 0.15) is 6.42 Å². The average molecular weight is 415 g/mol. The molecule has 0 unspecified atom stereocenters. The lowest BCUT2D eigenvalue weighted by molar-refractivity contribution is -0.139. The molecule has 2 N–H and O–H groups in total. The number of thioether (sulfide) groups is 1. The van der Waals surface area contributed by atoms with Gasteiger partial charge >= 0.3 is 5.97 Å². The van der Waals surface area contributed by atoms with Crippen LogP contribution in [-0.4, -0.2) is 37.5 Å². The SMILES string of the molecule is CSCC[C@@H](NS(=O)(=O)c1ccc(I)cc1)C(=O)O. The highest BCUT2D eigenvalue weighted by atomic mass is 127. The van der Waals surface area contributed by atoms with Crippen LogP contribution < -0.4 is 4.72 Å². The van der Waals surface area contributed by atoms with Crippen LogP contribution in [0.25, 0.3) is 0 Å². The first kappa shape index (κ1) is 16.7. The first-order valence-corrected chi connectivity index (χ1v) is 9.32. The second kappa shape index (κ2) is 7.46. The van der Waals surface area contributed by atoms with Gasteiger partial charge in [0, 0.05) is 3.57 Å². The van der Waals surface area contributed by atoms with E-state index in [-0.39, 0.29) is 11.3 Å². The summed E-state index contributed by atoms with van der Waals surface area (Å²) in [7, 11) is -3.80. The van der Waals surface area contributed by atoms with E-state index in [1.54, 1.807) is 12.1 Å². The lowest BCUT2D eigenvalue weighted by Crippen LogP contribution is -2.41. The lowest BCUT2D eigenvalue weighted by atomic mass is 10.2. The Kier molecular flexibility index (Phi) is 6.57. The third-order valence-electron chi connectivity index (χ3n) is 2.33. The monoisotopic (exact) mass is 415 g/mol. The number of rotatable bonds is 7. The van der Waals surface area contributed by atoms with Crippen LogP contribution in [0, 0.1) is 3.57 Å². The number of aliphatic carboxylic acids is 1. The van der Waals surface area contributed by atoms with E-state index in [0.29, 0.717) is 5.75 Å². The fourth-order valence-electron chi connectivity index (χ4n) is 1.34. The smallest absolute Gasteiger partial charge is 0.321 e. The van der Waals surface area contributed by atoms with Gasteiger partial charge in [-0.1, -0.05) is 0 Å². The molecule has 0 heterocycles. The van der Waals surface area contributed by atoms with E-state index in [2.05, 4.69) is 27.3 Å². The average Bonchev–Trinajstić information content (AvgIpc) is 2.34. The van der Waals surface area contributed by atoms with Crippen LogP contribution in [0.5, 0.6) is 0 Å². The van der Waals surface area contributed by atoms with E-state index in [9.17, 15) is 13.2 Å². The summed E-state index contributed by atoms with van der Waals surface area (Å²) in [5, 5.41) is 9.02. The topological polar surface area (TPSA) is 83.5 Å². The maximum Gasteiger partial charge on any atom is 0.321 e. The van der Waals surface area contributed by atoms with Crippen molar-refractivity contribution in [3.05, 3.63) is 27.8 Å². The van der Waals surface area contributed by atoms with Crippen molar-refractivity contribution in [1.82, 2.24) is 4.72 Å². The molecule has 1 rings (SSSR count). The Morgan fingerprint density at radius 3 is 2.47 bits per heavy atom. The largest absolute Gasteiger partial charge is 0.480 e. The molecule has 106 valence electrons. The molecule has 1 aromatic carbocycles. The number of carboxylic acid groups (broad SMARTS) is 1. The molecule has 0 amide bonds. The number of halogens is 1. The predicted molar refractivity (Wildman–Crippen MR) is 83.9 cm³/mol. The molecule has 0 aliphatic carbocycles. The van der Waals surface area contributed by atoms with Crippen LogP contribution in [-0.2, 0) is 14.8 Å². The van der Waals surface area contributed by atoms with Crippen molar-refractivity contribution >= 4 is 50.3 Å². The Balaban J connectivity index is 2.87. The zero-order valence-electron chi connectivity index (χ0n) is 10.2. The zero-order chi connectivity index (χ0) is 14.5. The van der Waals surface area contributed by atoms with Gasteiger partial charge in [0.25, 0.3) is 0 Å². The number of sulfonamides is 1. The Bertz CT molecular complexity index is 530. The van der Waals surface area contributed by atoms with Crippen molar-refractivity contribution in [3.8, 4) is 0 Å². The van der Waals surface area contributed by atoms with Gasteiger partial charge in [-0.15, -0.1) is 0 Å². The van der Waals surface area contributed by atoms with Crippen LogP contribution in [0.3, 0.4) is 0 Å². The summed E-state index contributed by atoms with van der Waals surface area (Å²) in [6, 6.07) is 5.13. The maximum atomic E-state index is 12.0. The molecule has 0 saturated heterocycles. The number of carboxylic acids is 1. The second-order valence-corrected chi connectivity index (χ2v) is 7.69. The zero-order valence-corrected chi connectivity index (χ0v) is 14.0. The normalized spacial score (nSPS) is 13.2. The Labute approximate surface area is 130 Å². The third kappa shape index (κ3) is 5.28. The van der Waals surface area contributed by atoms with Gasteiger partial charge in [-0.2, -0.15) is 16.5 Å². The first-order chi connectivity index (χ1) is 8.86. The summed E-state index contributed by atoms with van der Waals surface area (Å²) in [5.41, 5.74) is 0. The van der Waals surface area contributed by atoms with Gasteiger partial charge in [0.15, 0.2) is 0 Å². The highest BCUT2D eigenvalue weighted by Crippen LogP contribution is 2.13. The summed E-state index contributed by atoms with van der Waals surface area (Å²) >= 11 is 3.54. The van der Waals surface area contributed by atoms with Gasteiger partial charge in [-0.3, -0.25) is 4.79 Å². The van der Waals surface area contributed by atoms with Crippen LogP contribution >= 0.6 is 34.4 Å². The van der Waals surface area contributed by atoms with Crippen molar-refractivity contribution in [2.75, 3.05) is 12.0 Å². The van der Waals surface area contributed by atoms with E-state index in [0.717, 1.165) is 3.57 Å². The van der Waals surface area contributed by atoms with Crippen molar-refractivity contribution in [2.24, 2.45) is 0 Å². The molecule has 0 aliphatic heterocycles. The fraction of sp³-hybridized carbons (Fsp3) is 0.364. The minimum atomic E-state index is -3.80. The van der Waals surface area contributed by atoms with Crippen molar-refractivity contribution in [3.63, 3.8) is 0 Å². The summed E-state index contributed by atoms with van der Waals surface area (Å²) in [6.07, 6.45) is 2.09. The molecule has 19 heavy (non-hydrogen) atoms.